The fourth-order valence-electron chi connectivity index (χ4n) is 3.39. The van der Waals surface area contributed by atoms with E-state index in [9.17, 15) is 0 Å². The van der Waals surface area contributed by atoms with E-state index in [4.69, 9.17) is 9.47 Å². The molecule has 0 spiro atoms. The van der Waals surface area contributed by atoms with E-state index in [1.807, 2.05) is 6.07 Å². The van der Waals surface area contributed by atoms with Crippen molar-refractivity contribution in [3.05, 3.63) is 23.3 Å². The molecule has 3 rings (SSSR count). The van der Waals surface area contributed by atoms with Crippen molar-refractivity contribution >= 4 is 0 Å². The van der Waals surface area contributed by atoms with Gasteiger partial charge in [0, 0.05) is 18.2 Å². The van der Waals surface area contributed by atoms with Crippen LogP contribution in [0.5, 0.6) is 11.5 Å². The Morgan fingerprint density at radius 3 is 2.78 bits per heavy atom. The Balaban J connectivity index is 2.02. The van der Waals surface area contributed by atoms with E-state index in [1.54, 1.807) is 14.2 Å². The number of fused-ring (bicyclic) bond motifs is 3. The minimum Gasteiger partial charge on any atom is -0.493 e. The highest BCUT2D eigenvalue weighted by atomic mass is 16.5. The second kappa shape index (κ2) is 4.81. The van der Waals surface area contributed by atoms with Gasteiger partial charge in [-0.15, -0.1) is 0 Å². The summed E-state index contributed by atoms with van der Waals surface area (Å²) in [4.78, 5) is 2.60. The summed E-state index contributed by atoms with van der Waals surface area (Å²) in [5.74, 6) is 1.79. The van der Waals surface area contributed by atoms with E-state index < -0.39 is 0 Å². The van der Waals surface area contributed by atoms with Gasteiger partial charge < -0.3 is 9.47 Å². The lowest BCUT2D eigenvalue weighted by molar-refractivity contribution is 0.220. The van der Waals surface area contributed by atoms with Crippen LogP contribution < -0.4 is 9.47 Å². The van der Waals surface area contributed by atoms with Gasteiger partial charge in [0.2, 0.25) is 0 Å². The zero-order chi connectivity index (χ0) is 12.5. The Morgan fingerprint density at radius 1 is 1.11 bits per heavy atom. The average molecular weight is 247 g/mol. The van der Waals surface area contributed by atoms with Crippen LogP contribution in [0.4, 0.5) is 0 Å². The van der Waals surface area contributed by atoms with Gasteiger partial charge in [-0.3, -0.25) is 4.90 Å². The molecule has 2 aliphatic rings. The quantitative estimate of drug-likeness (QED) is 0.801. The summed E-state index contributed by atoms with van der Waals surface area (Å²) in [5, 5.41) is 0. The minimum atomic E-state index is 0.599. The molecule has 0 aliphatic carbocycles. The van der Waals surface area contributed by atoms with Crippen molar-refractivity contribution in [2.24, 2.45) is 0 Å². The molecular formula is C15H21NO2. The van der Waals surface area contributed by atoms with Gasteiger partial charge in [-0.05, 0) is 31.0 Å². The predicted molar refractivity (Wildman–Crippen MR) is 71.2 cm³/mol. The SMILES string of the molecule is COc1ccc2c(c1OC)CN1CCCCCC21. The first-order valence-corrected chi connectivity index (χ1v) is 6.83. The number of benzene rings is 1. The van der Waals surface area contributed by atoms with Crippen molar-refractivity contribution in [1.29, 1.82) is 0 Å². The van der Waals surface area contributed by atoms with Crippen LogP contribution >= 0.6 is 0 Å². The molecule has 98 valence electrons. The highest BCUT2D eigenvalue weighted by Crippen LogP contribution is 2.45. The second-order valence-electron chi connectivity index (χ2n) is 5.20. The Labute approximate surface area is 109 Å². The Kier molecular flexibility index (Phi) is 3.16. The molecule has 2 heterocycles. The molecule has 1 saturated heterocycles. The van der Waals surface area contributed by atoms with Crippen molar-refractivity contribution in [3.63, 3.8) is 0 Å². The largest absolute Gasteiger partial charge is 0.493 e. The van der Waals surface area contributed by atoms with Crippen LogP contribution in [0.1, 0.15) is 42.9 Å². The Bertz CT molecular complexity index is 444. The monoisotopic (exact) mass is 247 g/mol. The Morgan fingerprint density at radius 2 is 2.00 bits per heavy atom. The lowest BCUT2D eigenvalue weighted by Gasteiger charge is -2.21. The maximum Gasteiger partial charge on any atom is 0.165 e. The predicted octanol–water partition coefficient (Wildman–Crippen LogP) is 3.13. The molecule has 1 atom stereocenters. The molecule has 0 bridgehead atoms. The van der Waals surface area contributed by atoms with Crippen LogP contribution in [-0.4, -0.2) is 25.7 Å². The van der Waals surface area contributed by atoms with E-state index in [-0.39, 0.29) is 0 Å². The van der Waals surface area contributed by atoms with Crippen LogP contribution in [0.15, 0.2) is 12.1 Å². The summed E-state index contributed by atoms with van der Waals surface area (Å²) >= 11 is 0. The third-order valence-corrected chi connectivity index (χ3v) is 4.27. The molecule has 3 heteroatoms. The number of ether oxygens (including phenoxy) is 2. The van der Waals surface area contributed by atoms with Gasteiger partial charge in [-0.2, -0.15) is 0 Å². The van der Waals surface area contributed by atoms with Crippen LogP contribution in [0, 0.1) is 0 Å². The van der Waals surface area contributed by atoms with Gasteiger partial charge in [0.05, 0.1) is 14.2 Å². The summed E-state index contributed by atoms with van der Waals surface area (Å²) in [5.41, 5.74) is 2.79. The highest BCUT2D eigenvalue weighted by molar-refractivity contribution is 5.53. The first kappa shape index (κ1) is 11.8. The lowest BCUT2D eigenvalue weighted by atomic mass is 9.99. The van der Waals surface area contributed by atoms with Crippen molar-refractivity contribution in [1.82, 2.24) is 4.90 Å². The summed E-state index contributed by atoms with van der Waals surface area (Å²) in [7, 11) is 3.44. The number of rotatable bonds is 2. The first-order chi connectivity index (χ1) is 8.85. The molecule has 1 aromatic rings. The van der Waals surface area contributed by atoms with E-state index in [0.717, 1.165) is 18.0 Å². The van der Waals surface area contributed by atoms with E-state index in [2.05, 4.69) is 11.0 Å². The maximum absolute atomic E-state index is 5.56. The zero-order valence-corrected chi connectivity index (χ0v) is 11.2. The minimum absolute atomic E-state index is 0.599. The second-order valence-corrected chi connectivity index (χ2v) is 5.20. The number of hydrogen-bond donors (Lipinski definition) is 0. The van der Waals surface area contributed by atoms with Crippen molar-refractivity contribution in [2.75, 3.05) is 20.8 Å². The molecule has 0 N–H and O–H groups in total. The van der Waals surface area contributed by atoms with E-state index in [0.29, 0.717) is 6.04 Å². The maximum atomic E-state index is 5.56. The van der Waals surface area contributed by atoms with Crippen LogP contribution in [0.25, 0.3) is 0 Å². The van der Waals surface area contributed by atoms with E-state index in [1.165, 1.54) is 43.4 Å². The van der Waals surface area contributed by atoms with Gasteiger partial charge >= 0.3 is 0 Å². The van der Waals surface area contributed by atoms with Gasteiger partial charge in [-0.1, -0.05) is 18.9 Å². The van der Waals surface area contributed by atoms with E-state index >= 15 is 0 Å². The zero-order valence-electron chi connectivity index (χ0n) is 11.2. The highest BCUT2D eigenvalue weighted by Gasteiger charge is 2.33. The molecular weight excluding hydrogens is 226 g/mol. The lowest BCUT2D eigenvalue weighted by Crippen LogP contribution is -2.21. The van der Waals surface area contributed by atoms with Crippen molar-refractivity contribution in [2.45, 2.75) is 38.3 Å². The van der Waals surface area contributed by atoms with Gasteiger partial charge in [0.15, 0.2) is 11.5 Å². The standard InChI is InChI=1S/C15H21NO2/c1-17-14-8-7-11-12(15(14)18-2)10-16-9-5-3-4-6-13(11)16/h7-8,13H,3-6,9-10H2,1-2H3. The summed E-state index contributed by atoms with van der Waals surface area (Å²) in [6.45, 7) is 2.23. The molecule has 1 aromatic carbocycles. The Hall–Kier alpha value is -1.22. The first-order valence-electron chi connectivity index (χ1n) is 6.83. The molecule has 0 radical (unpaired) electrons. The molecule has 2 aliphatic heterocycles. The molecule has 0 amide bonds. The smallest absolute Gasteiger partial charge is 0.165 e. The molecule has 3 nitrogen and oxygen atoms in total. The molecule has 18 heavy (non-hydrogen) atoms. The normalized spacial score (nSPS) is 23.1. The number of nitrogens with zero attached hydrogens (tertiary/aromatic N) is 1. The fourth-order valence-corrected chi connectivity index (χ4v) is 3.39. The van der Waals surface area contributed by atoms with Crippen LogP contribution in [0.2, 0.25) is 0 Å². The molecule has 0 saturated carbocycles. The average Bonchev–Trinajstić information content (AvgIpc) is 2.59. The molecule has 0 aromatic heterocycles. The molecule has 1 fully saturated rings. The van der Waals surface area contributed by atoms with Gasteiger partial charge in [-0.25, -0.2) is 0 Å². The third-order valence-electron chi connectivity index (χ3n) is 4.27. The number of methoxy groups -OCH3 is 2. The summed E-state index contributed by atoms with van der Waals surface area (Å²) in [6, 6.07) is 4.88. The summed E-state index contributed by atoms with van der Waals surface area (Å²) < 4.78 is 11.0. The fraction of sp³-hybridized carbons (Fsp3) is 0.600. The van der Waals surface area contributed by atoms with Crippen LogP contribution in [-0.2, 0) is 6.54 Å². The van der Waals surface area contributed by atoms with Gasteiger partial charge in [0.25, 0.3) is 0 Å². The van der Waals surface area contributed by atoms with Gasteiger partial charge in [0.1, 0.15) is 0 Å². The third kappa shape index (κ3) is 1.77. The van der Waals surface area contributed by atoms with Crippen LogP contribution in [0.3, 0.4) is 0 Å². The molecule has 1 unspecified atom stereocenters. The summed E-state index contributed by atoms with van der Waals surface area (Å²) in [6.07, 6.45) is 5.32. The van der Waals surface area contributed by atoms with Crippen molar-refractivity contribution in [3.8, 4) is 11.5 Å². The number of hydrogen-bond acceptors (Lipinski definition) is 3. The van der Waals surface area contributed by atoms with Crippen molar-refractivity contribution < 1.29 is 9.47 Å². The topological polar surface area (TPSA) is 21.7 Å².